The Hall–Kier alpha value is -0.950. The van der Waals surface area contributed by atoms with E-state index in [9.17, 15) is 0 Å². The lowest BCUT2D eigenvalue weighted by Crippen LogP contribution is -2.12. The number of terminal acetylenes is 1. The van der Waals surface area contributed by atoms with Crippen LogP contribution in [-0.4, -0.2) is 0 Å². The van der Waals surface area contributed by atoms with Gasteiger partial charge in [0.25, 0.3) is 0 Å². The van der Waals surface area contributed by atoms with Gasteiger partial charge in [-0.05, 0) is 12.8 Å². The van der Waals surface area contributed by atoms with Crippen LogP contribution >= 0.6 is 0 Å². The van der Waals surface area contributed by atoms with E-state index in [0.29, 0.717) is 0 Å². The van der Waals surface area contributed by atoms with E-state index in [1.807, 2.05) is 13.8 Å². The predicted molar refractivity (Wildman–Crippen MR) is 37.5 cm³/mol. The minimum absolute atomic E-state index is 0.500. The Labute approximate surface area is 56.7 Å². The quantitative estimate of drug-likeness (QED) is 0.512. The van der Waals surface area contributed by atoms with Crippen molar-refractivity contribution in [1.82, 2.24) is 0 Å². The van der Waals surface area contributed by atoms with Crippen LogP contribution in [0, 0.1) is 29.1 Å². The summed E-state index contributed by atoms with van der Waals surface area (Å²) in [6, 6.07) is 2.13. The molecule has 0 aromatic rings. The van der Waals surface area contributed by atoms with Crippen molar-refractivity contribution in [1.29, 1.82) is 5.26 Å². The molecule has 1 heteroatoms. The molecule has 0 radical (unpaired) electrons. The number of nitrogens with zero attached hydrogens (tertiary/aromatic N) is 1. The third kappa shape index (κ3) is 1.47. The molecule has 9 heavy (non-hydrogen) atoms. The second-order valence-corrected chi connectivity index (χ2v) is 2.05. The van der Waals surface area contributed by atoms with Gasteiger partial charge in [-0.3, -0.25) is 0 Å². The third-order valence-corrected chi connectivity index (χ3v) is 1.70. The smallest absolute Gasteiger partial charge is 0.117 e. The molecule has 0 N–H and O–H groups in total. The van der Waals surface area contributed by atoms with Crippen molar-refractivity contribution in [2.45, 2.75) is 26.7 Å². The van der Waals surface area contributed by atoms with Gasteiger partial charge in [-0.1, -0.05) is 19.8 Å². The van der Waals surface area contributed by atoms with Gasteiger partial charge in [-0.2, -0.15) is 5.26 Å². The van der Waals surface area contributed by atoms with Gasteiger partial charge in [0.05, 0.1) is 6.07 Å². The molecule has 0 aliphatic rings. The minimum atomic E-state index is -0.500. The van der Waals surface area contributed by atoms with Gasteiger partial charge in [0, 0.05) is 0 Å². The molecule has 0 aliphatic heterocycles. The van der Waals surface area contributed by atoms with Gasteiger partial charge in [-0.15, -0.1) is 6.42 Å². The first-order valence-corrected chi connectivity index (χ1v) is 3.13. The van der Waals surface area contributed by atoms with E-state index in [2.05, 4.69) is 12.0 Å². The van der Waals surface area contributed by atoms with Crippen molar-refractivity contribution in [3.8, 4) is 18.4 Å². The zero-order valence-corrected chi connectivity index (χ0v) is 5.94. The molecule has 0 saturated carbocycles. The second-order valence-electron chi connectivity index (χ2n) is 2.05. The van der Waals surface area contributed by atoms with Crippen molar-refractivity contribution < 1.29 is 0 Å². The summed E-state index contributed by atoms with van der Waals surface area (Å²) >= 11 is 0. The Balaban J connectivity index is 4.28. The maximum atomic E-state index is 8.58. The average molecular weight is 121 g/mol. The molecule has 48 valence electrons. The maximum absolute atomic E-state index is 8.58. The van der Waals surface area contributed by atoms with Crippen LogP contribution in [-0.2, 0) is 0 Å². The Bertz CT molecular complexity index is 136. The zero-order chi connectivity index (χ0) is 7.33. The van der Waals surface area contributed by atoms with Crippen molar-refractivity contribution in [3.05, 3.63) is 0 Å². The monoisotopic (exact) mass is 121 g/mol. The number of rotatable bonds is 2. The van der Waals surface area contributed by atoms with Crippen LogP contribution < -0.4 is 0 Å². The highest BCUT2D eigenvalue weighted by molar-refractivity contribution is 5.16. The number of hydrogen-bond acceptors (Lipinski definition) is 1. The fraction of sp³-hybridized carbons (Fsp3) is 0.625. The molecule has 0 rings (SSSR count). The van der Waals surface area contributed by atoms with Gasteiger partial charge in [0.15, 0.2) is 0 Å². The van der Waals surface area contributed by atoms with Gasteiger partial charge < -0.3 is 0 Å². The minimum Gasteiger partial charge on any atom is -0.197 e. The standard InChI is InChI=1S/C8H11N/c1-4-8(5-2,6-3)7-9/h1H,5-6H2,2-3H3. The number of hydrogen-bond donors (Lipinski definition) is 0. The fourth-order valence-electron chi connectivity index (χ4n) is 0.645. The lowest BCUT2D eigenvalue weighted by Gasteiger charge is -2.13. The Morgan fingerprint density at radius 2 is 1.89 bits per heavy atom. The van der Waals surface area contributed by atoms with Gasteiger partial charge in [0.2, 0.25) is 0 Å². The average Bonchev–Trinajstić information content (AvgIpc) is 1.95. The van der Waals surface area contributed by atoms with E-state index in [-0.39, 0.29) is 0 Å². The van der Waals surface area contributed by atoms with Gasteiger partial charge in [0.1, 0.15) is 5.41 Å². The number of nitriles is 1. The van der Waals surface area contributed by atoms with Crippen LogP contribution in [0.3, 0.4) is 0 Å². The molecule has 0 saturated heterocycles. The first kappa shape index (κ1) is 8.05. The van der Waals surface area contributed by atoms with Crippen molar-refractivity contribution in [2.24, 2.45) is 5.41 Å². The van der Waals surface area contributed by atoms with Crippen LogP contribution in [0.5, 0.6) is 0 Å². The largest absolute Gasteiger partial charge is 0.197 e. The lowest BCUT2D eigenvalue weighted by atomic mass is 9.85. The third-order valence-electron chi connectivity index (χ3n) is 1.70. The molecule has 0 amide bonds. The summed E-state index contributed by atoms with van der Waals surface area (Å²) in [6.07, 6.45) is 6.66. The maximum Gasteiger partial charge on any atom is 0.117 e. The molecule has 0 aliphatic carbocycles. The Kier molecular flexibility index (Phi) is 2.82. The van der Waals surface area contributed by atoms with Crippen LogP contribution in [0.1, 0.15) is 26.7 Å². The lowest BCUT2D eigenvalue weighted by molar-refractivity contribution is 0.492. The molecule has 0 spiro atoms. The highest BCUT2D eigenvalue weighted by Gasteiger charge is 2.21. The molecule has 0 bridgehead atoms. The van der Waals surface area contributed by atoms with Crippen LogP contribution in [0.2, 0.25) is 0 Å². The van der Waals surface area contributed by atoms with E-state index < -0.39 is 5.41 Å². The van der Waals surface area contributed by atoms with Crippen molar-refractivity contribution in [3.63, 3.8) is 0 Å². The summed E-state index contributed by atoms with van der Waals surface area (Å²) in [6.45, 7) is 3.87. The van der Waals surface area contributed by atoms with E-state index in [1.54, 1.807) is 0 Å². The summed E-state index contributed by atoms with van der Waals surface area (Å²) in [5, 5.41) is 8.58. The molecule has 0 fully saturated rings. The molecule has 0 atom stereocenters. The van der Waals surface area contributed by atoms with Crippen LogP contribution in [0.4, 0.5) is 0 Å². The van der Waals surface area contributed by atoms with E-state index in [4.69, 9.17) is 11.7 Å². The second kappa shape index (κ2) is 3.15. The van der Waals surface area contributed by atoms with E-state index in [0.717, 1.165) is 12.8 Å². The molecule has 0 aromatic carbocycles. The normalized spacial score (nSPS) is 9.78. The molecular weight excluding hydrogens is 110 g/mol. The molecule has 0 heterocycles. The molecule has 0 unspecified atom stereocenters. The zero-order valence-electron chi connectivity index (χ0n) is 5.94. The SMILES string of the molecule is C#CC(C#N)(CC)CC. The summed E-state index contributed by atoms with van der Waals surface area (Å²) in [5.74, 6) is 2.50. The first-order chi connectivity index (χ1) is 4.24. The fourth-order valence-corrected chi connectivity index (χ4v) is 0.645. The highest BCUT2D eigenvalue weighted by Crippen LogP contribution is 2.22. The van der Waals surface area contributed by atoms with Gasteiger partial charge in [-0.25, -0.2) is 0 Å². The van der Waals surface area contributed by atoms with E-state index in [1.165, 1.54) is 0 Å². The molecular formula is C8H11N. The first-order valence-electron chi connectivity index (χ1n) is 3.13. The van der Waals surface area contributed by atoms with Crippen molar-refractivity contribution >= 4 is 0 Å². The van der Waals surface area contributed by atoms with Gasteiger partial charge >= 0.3 is 0 Å². The Morgan fingerprint density at radius 3 is 1.89 bits per heavy atom. The highest BCUT2D eigenvalue weighted by atomic mass is 14.3. The summed E-state index contributed by atoms with van der Waals surface area (Å²) in [4.78, 5) is 0. The van der Waals surface area contributed by atoms with Crippen LogP contribution in [0.25, 0.3) is 0 Å². The summed E-state index contributed by atoms with van der Waals surface area (Å²) in [5.41, 5.74) is -0.500. The molecule has 0 aromatic heterocycles. The Morgan fingerprint density at radius 1 is 1.44 bits per heavy atom. The van der Waals surface area contributed by atoms with Crippen molar-refractivity contribution in [2.75, 3.05) is 0 Å². The topological polar surface area (TPSA) is 23.8 Å². The molecule has 1 nitrogen and oxygen atoms in total. The predicted octanol–water partition coefficient (Wildman–Crippen LogP) is 1.95. The summed E-state index contributed by atoms with van der Waals surface area (Å²) in [7, 11) is 0. The summed E-state index contributed by atoms with van der Waals surface area (Å²) < 4.78 is 0. The van der Waals surface area contributed by atoms with Crippen LogP contribution in [0.15, 0.2) is 0 Å². The van der Waals surface area contributed by atoms with E-state index >= 15 is 0 Å².